The second-order valence-corrected chi connectivity index (χ2v) is 20.8. The number of rotatable bonds is 8. The Hall–Kier alpha value is -0.900. The van der Waals surface area contributed by atoms with Crippen LogP contribution in [0.4, 0.5) is 0 Å². The van der Waals surface area contributed by atoms with Crippen molar-refractivity contribution in [2.75, 3.05) is 26.4 Å². The number of hydrogen-bond donors (Lipinski definition) is 8. The highest BCUT2D eigenvalue weighted by atomic mass is 16.8. The smallest absolute Gasteiger partial charge is 0.187 e. The monoisotopic (exact) mass is 854 g/mol. The molecule has 0 amide bonds. The Balaban J connectivity index is 0.913. The molecule has 5 aliphatic heterocycles. The molecule has 16 nitrogen and oxygen atoms in total. The lowest BCUT2D eigenvalue weighted by molar-refractivity contribution is -0.379. The van der Waals surface area contributed by atoms with Crippen LogP contribution >= 0.6 is 0 Å². The third-order valence-electron chi connectivity index (χ3n) is 17.4. The number of allylic oxidation sites excluding steroid dienone is 1. The maximum Gasteiger partial charge on any atom is 0.187 e. The van der Waals surface area contributed by atoms with Crippen molar-refractivity contribution < 1.29 is 78.7 Å². The van der Waals surface area contributed by atoms with E-state index in [1.54, 1.807) is 0 Å². The molecule has 0 radical (unpaired) electrons. The van der Waals surface area contributed by atoms with Crippen molar-refractivity contribution in [2.45, 2.75) is 190 Å². The van der Waals surface area contributed by atoms with Gasteiger partial charge in [0, 0.05) is 12.3 Å². The summed E-state index contributed by atoms with van der Waals surface area (Å²) in [4.78, 5) is 0. The molecule has 0 unspecified atom stereocenters. The summed E-state index contributed by atoms with van der Waals surface area (Å²) in [5.74, 6) is 2.65. The van der Waals surface area contributed by atoms with Crippen LogP contribution in [0, 0.1) is 46.3 Å². The number of hydrogen-bond acceptors (Lipinski definition) is 16. The summed E-state index contributed by atoms with van der Waals surface area (Å²) in [5, 5.41) is 85.2. The van der Waals surface area contributed by atoms with Crippen molar-refractivity contribution >= 4 is 0 Å². The molecule has 60 heavy (non-hydrogen) atoms. The second kappa shape index (κ2) is 16.2. The van der Waals surface area contributed by atoms with E-state index in [-0.39, 0.29) is 23.0 Å². The van der Waals surface area contributed by atoms with E-state index in [4.69, 9.17) is 37.9 Å². The molecule has 0 aromatic heterocycles. The fourth-order valence-electron chi connectivity index (χ4n) is 13.8. The van der Waals surface area contributed by atoms with E-state index in [9.17, 15) is 40.9 Å². The Morgan fingerprint density at radius 3 is 2.27 bits per heavy atom. The van der Waals surface area contributed by atoms with Crippen LogP contribution in [-0.2, 0) is 37.9 Å². The molecule has 0 aromatic rings. The van der Waals surface area contributed by atoms with Crippen LogP contribution in [-0.4, -0.2) is 165 Å². The standard InChI is InChI=1S/C44H70O16/c1-20-8-13-44(54-17-20)21(2)30-28(60-44)15-27-25-7-6-23-14-24(9-11-41(23,4)26(25)10-12-42(27,30)5)56-39-36(59-38-33(49)32(48)31(47)22(3)55-38)34(50)35(29(16-45)57-39)58-40-37(51)43(52,18-46)19-53-40/h6,20-22,24-40,45-52H,7-19H2,1-5H3/t20-,21+,22+,24+,25-,26+,27+,28+,29-,30+,31+,32-,33-,34+,35-,36-,37+,38+,39-,40+,41+,42+,43-,44-/m1/s1. The number of aliphatic hydroxyl groups excluding tert-OH is 7. The quantitative estimate of drug-likeness (QED) is 0.158. The molecule has 1 spiro atoms. The third-order valence-corrected chi connectivity index (χ3v) is 17.4. The highest BCUT2D eigenvalue weighted by Gasteiger charge is 2.69. The molecule has 24 atom stereocenters. The Bertz CT molecular complexity index is 1580. The molecular weight excluding hydrogens is 784 g/mol. The lowest BCUT2D eigenvalue weighted by Crippen LogP contribution is -2.65. The topological polar surface area (TPSA) is 236 Å². The molecule has 9 aliphatic rings. The van der Waals surface area contributed by atoms with Crippen LogP contribution < -0.4 is 0 Å². The van der Waals surface area contributed by atoms with Crippen LogP contribution in [0.1, 0.15) is 92.4 Å². The maximum absolute atomic E-state index is 11.9. The fraction of sp³-hybridized carbons (Fsp3) is 0.955. The summed E-state index contributed by atoms with van der Waals surface area (Å²) >= 11 is 0. The highest BCUT2D eigenvalue weighted by Crippen LogP contribution is 2.70. The first-order valence-electron chi connectivity index (χ1n) is 22.7. The van der Waals surface area contributed by atoms with Gasteiger partial charge in [0.25, 0.3) is 0 Å². The normalized spacial score (nSPS) is 57.7. The molecule has 5 saturated heterocycles. The van der Waals surface area contributed by atoms with Crippen LogP contribution in [0.25, 0.3) is 0 Å². The Labute approximate surface area is 352 Å². The molecule has 342 valence electrons. The number of aliphatic hydroxyl groups is 8. The Kier molecular flexibility index (Phi) is 12.0. The van der Waals surface area contributed by atoms with Crippen LogP contribution in [0.5, 0.6) is 0 Å². The minimum absolute atomic E-state index is 0.0146. The second-order valence-electron chi connectivity index (χ2n) is 20.8. The van der Waals surface area contributed by atoms with E-state index < -0.39 is 105 Å². The van der Waals surface area contributed by atoms with Gasteiger partial charge in [0.05, 0.1) is 44.7 Å². The van der Waals surface area contributed by atoms with Crippen molar-refractivity contribution in [1.29, 1.82) is 0 Å². The molecule has 9 rings (SSSR count). The average Bonchev–Trinajstić information content (AvgIpc) is 3.80. The molecule has 8 fully saturated rings. The summed E-state index contributed by atoms with van der Waals surface area (Å²) in [6.07, 6.45) is -6.31. The van der Waals surface area contributed by atoms with Gasteiger partial charge < -0.3 is 78.7 Å². The van der Waals surface area contributed by atoms with Crippen molar-refractivity contribution in [3.63, 3.8) is 0 Å². The first kappa shape index (κ1) is 44.3. The predicted molar refractivity (Wildman–Crippen MR) is 208 cm³/mol. The Morgan fingerprint density at radius 2 is 1.57 bits per heavy atom. The number of fused-ring (bicyclic) bond motifs is 7. The van der Waals surface area contributed by atoms with E-state index >= 15 is 0 Å². The van der Waals surface area contributed by atoms with Gasteiger partial charge in [0.15, 0.2) is 24.7 Å². The third kappa shape index (κ3) is 7.01. The van der Waals surface area contributed by atoms with Crippen LogP contribution in [0.15, 0.2) is 11.6 Å². The summed E-state index contributed by atoms with van der Waals surface area (Å²) in [6.45, 7) is 10.00. The zero-order valence-corrected chi connectivity index (χ0v) is 35.7. The fourth-order valence-corrected chi connectivity index (χ4v) is 13.8. The molecule has 0 aromatic carbocycles. The summed E-state index contributed by atoms with van der Waals surface area (Å²) in [7, 11) is 0. The molecule has 16 heteroatoms. The molecule has 4 aliphatic carbocycles. The first-order chi connectivity index (χ1) is 28.5. The first-order valence-corrected chi connectivity index (χ1v) is 22.7. The van der Waals surface area contributed by atoms with E-state index in [0.717, 1.165) is 45.1 Å². The average molecular weight is 855 g/mol. The molecule has 3 saturated carbocycles. The van der Waals surface area contributed by atoms with Gasteiger partial charge in [-0.1, -0.05) is 39.3 Å². The molecular formula is C44H70O16. The minimum Gasteiger partial charge on any atom is -0.394 e. The van der Waals surface area contributed by atoms with Crippen LogP contribution in [0.2, 0.25) is 0 Å². The lowest BCUT2D eigenvalue weighted by Gasteiger charge is -2.58. The maximum atomic E-state index is 11.9. The van der Waals surface area contributed by atoms with Gasteiger partial charge in [-0.3, -0.25) is 0 Å². The molecule has 0 bridgehead atoms. The van der Waals surface area contributed by atoms with Crippen molar-refractivity contribution in [3.05, 3.63) is 11.6 Å². The summed E-state index contributed by atoms with van der Waals surface area (Å²) in [5.41, 5.74) is -0.472. The largest absolute Gasteiger partial charge is 0.394 e. The van der Waals surface area contributed by atoms with Gasteiger partial charge in [-0.2, -0.15) is 0 Å². The zero-order chi connectivity index (χ0) is 42.7. The van der Waals surface area contributed by atoms with Gasteiger partial charge in [-0.15, -0.1) is 0 Å². The minimum atomic E-state index is -2.01. The molecule has 5 heterocycles. The SMILES string of the molecule is C[C@@H]1CC[C@@]2(OC1)O[C@H]1C[C@H]3[C@@H]4CC=C5C[C@@H](O[C@@H]6O[C@H](CO)[C@@H](O[C@@H]7OC[C@](O)(CO)[C@H]7O)[C@H](O)[C@H]6O[C@@H]6O[C@@H](C)[C@H](O)[C@@H](O)[C@H]6O)CC[C@]5(C)[C@H]4CC[C@]3(C)[C@H]1[C@@H]2C. The summed E-state index contributed by atoms with van der Waals surface area (Å²) in [6, 6.07) is 0. The van der Waals surface area contributed by atoms with E-state index in [0.29, 0.717) is 48.3 Å². The summed E-state index contributed by atoms with van der Waals surface area (Å²) < 4.78 is 49.8. The van der Waals surface area contributed by atoms with E-state index in [1.165, 1.54) is 18.9 Å². The van der Waals surface area contributed by atoms with Crippen molar-refractivity contribution in [3.8, 4) is 0 Å². The molecule has 8 N–H and O–H groups in total. The highest BCUT2D eigenvalue weighted by molar-refractivity contribution is 5.26. The van der Waals surface area contributed by atoms with Crippen LogP contribution in [0.3, 0.4) is 0 Å². The van der Waals surface area contributed by atoms with Gasteiger partial charge in [0.2, 0.25) is 0 Å². The van der Waals surface area contributed by atoms with Gasteiger partial charge in [0.1, 0.15) is 54.4 Å². The predicted octanol–water partition coefficient (Wildman–Crippen LogP) is 0.855. The van der Waals surface area contributed by atoms with Gasteiger partial charge in [-0.25, -0.2) is 0 Å². The van der Waals surface area contributed by atoms with Crippen molar-refractivity contribution in [1.82, 2.24) is 0 Å². The van der Waals surface area contributed by atoms with Gasteiger partial charge in [-0.05, 0) is 98.7 Å². The van der Waals surface area contributed by atoms with E-state index in [2.05, 4.69) is 33.8 Å². The van der Waals surface area contributed by atoms with Crippen molar-refractivity contribution in [2.24, 2.45) is 46.3 Å². The Morgan fingerprint density at radius 1 is 0.800 bits per heavy atom. The lowest BCUT2D eigenvalue weighted by atomic mass is 9.47. The number of ether oxygens (including phenoxy) is 8. The zero-order valence-electron chi connectivity index (χ0n) is 35.7. The van der Waals surface area contributed by atoms with E-state index in [1.807, 2.05) is 0 Å². The van der Waals surface area contributed by atoms with Gasteiger partial charge >= 0.3 is 0 Å².